The molecule has 0 spiro atoms. The van der Waals surface area contributed by atoms with Gasteiger partial charge in [-0.25, -0.2) is 4.98 Å². The first-order valence-electron chi connectivity index (χ1n) is 5.95. The molecule has 0 aliphatic heterocycles. The van der Waals surface area contributed by atoms with Crippen LogP contribution in [0.15, 0.2) is 6.07 Å². The van der Waals surface area contributed by atoms with Gasteiger partial charge in [0.1, 0.15) is 11.4 Å². The summed E-state index contributed by atoms with van der Waals surface area (Å²) in [5.74, 6) is 0.788. The fourth-order valence-electron chi connectivity index (χ4n) is 1.59. The Morgan fingerprint density at radius 1 is 1.28 bits per heavy atom. The standard InChI is InChI=1S/C12H17N3O2S/c1-3-4-16-5-6-17-10-9-7-8(2)18-11(9)15-12(13)14-10/h7H,3-6H2,1-2H3,(H2,13,14,15). The number of nitrogen functional groups attached to an aromatic ring is 1. The van der Waals surface area contributed by atoms with Crippen molar-refractivity contribution < 1.29 is 9.47 Å². The lowest BCUT2D eigenvalue weighted by Gasteiger charge is -2.07. The lowest BCUT2D eigenvalue weighted by Crippen LogP contribution is -2.09. The highest BCUT2D eigenvalue weighted by atomic mass is 32.1. The molecule has 0 fully saturated rings. The summed E-state index contributed by atoms with van der Waals surface area (Å²) in [6, 6.07) is 2.02. The number of aromatic nitrogens is 2. The van der Waals surface area contributed by atoms with Gasteiger partial charge < -0.3 is 15.2 Å². The van der Waals surface area contributed by atoms with E-state index in [1.165, 1.54) is 0 Å². The van der Waals surface area contributed by atoms with E-state index in [-0.39, 0.29) is 5.95 Å². The molecular formula is C12H17N3O2S. The smallest absolute Gasteiger partial charge is 0.227 e. The Labute approximate surface area is 110 Å². The van der Waals surface area contributed by atoms with Crippen LogP contribution in [-0.2, 0) is 4.74 Å². The summed E-state index contributed by atoms with van der Waals surface area (Å²) in [6.07, 6.45) is 1.01. The van der Waals surface area contributed by atoms with Gasteiger partial charge >= 0.3 is 0 Å². The number of ether oxygens (including phenoxy) is 2. The van der Waals surface area contributed by atoms with Crippen molar-refractivity contribution in [1.29, 1.82) is 0 Å². The van der Waals surface area contributed by atoms with E-state index >= 15 is 0 Å². The van der Waals surface area contributed by atoms with E-state index in [1.54, 1.807) is 11.3 Å². The molecule has 2 aromatic heterocycles. The Bertz CT molecular complexity index is 527. The zero-order chi connectivity index (χ0) is 13.0. The van der Waals surface area contributed by atoms with Gasteiger partial charge in [-0.05, 0) is 19.4 Å². The topological polar surface area (TPSA) is 70.3 Å². The van der Waals surface area contributed by atoms with Crippen molar-refractivity contribution in [2.24, 2.45) is 0 Å². The van der Waals surface area contributed by atoms with Gasteiger partial charge in [-0.3, -0.25) is 0 Å². The zero-order valence-corrected chi connectivity index (χ0v) is 11.4. The van der Waals surface area contributed by atoms with Crippen molar-refractivity contribution in [2.45, 2.75) is 20.3 Å². The van der Waals surface area contributed by atoms with Crippen LogP contribution in [0.2, 0.25) is 0 Å². The molecule has 2 aromatic rings. The summed E-state index contributed by atoms with van der Waals surface area (Å²) < 4.78 is 11.0. The largest absolute Gasteiger partial charge is 0.475 e. The molecule has 0 aromatic carbocycles. The Hall–Kier alpha value is -1.40. The number of hydrogen-bond acceptors (Lipinski definition) is 6. The lowest BCUT2D eigenvalue weighted by molar-refractivity contribution is 0.0996. The van der Waals surface area contributed by atoms with Gasteiger partial charge in [0.15, 0.2) is 0 Å². The van der Waals surface area contributed by atoms with E-state index in [9.17, 15) is 0 Å². The molecule has 5 nitrogen and oxygen atoms in total. The molecule has 0 saturated carbocycles. The molecular weight excluding hydrogens is 250 g/mol. The van der Waals surface area contributed by atoms with Crippen molar-refractivity contribution in [3.8, 4) is 5.88 Å². The number of rotatable bonds is 6. The second-order valence-corrected chi connectivity index (χ2v) is 5.16. The maximum Gasteiger partial charge on any atom is 0.227 e. The zero-order valence-electron chi connectivity index (χ0n) is 10.6. The average molecular weight is 267 g/mol. The van der Waals surface area contributed by atoms with E-state index < -0.39 is 0 Å². The number of nitrogens with two attached hydrogens (primary N) is 1. The first kappa shape index (κ1) is 13.0. The maximum atomic E-state index is 5.66. The molecule has 0 radical (unpaired) electrons. The normalized spacial score (nSPS) is 11.0. The summed E-state index contributed by atoms with van der Waals surface area (Å²) in [7, 11) is 0. The third kappa shape index (κ3) is 3.08. The fraction of sp³-hybridized carbons (Fsp3) is 0.500. The number of hydrogen-bond donors (Lipinski definition) is 1. The number of aryl methyl sites for hydroxylation is 1. The highest BCUT2D eigenvalue weighted by molar-refractivity contribution is 7.18. The quantitative estimate of drug-likeness (QED) is 0.814. The molecule has 6 heteroatoms. The van der Waals surface area contributed by atoms with Crippen LogP contribution >= 0.6 is 11.3 Å². The van der Waals surface area contributed by atoms with Crippen LogP contribution in [0.1, 0.15) is 18.2 Å². The van der Waals surface area contributed by atoms with Crippen molar-refractivity contribution in [3.05, 3.63) is 10.9 Å². The van der Waals surface area contributed by atoms with E-state index in [1.807, 2.05) is 13.0 Å². The van der Waals surface area contributed by atoms with Crippen LogP contribution in [0.25, 0.3) is 10.2 Å². The Kier molecular flexibility index (Phi) is 4.33. The predicted molar refractivity (Wildman–Crippen MR) is 73.2 cm³/mol. The highest BCUT2D eigenvalue weighted by Gasteiger charge is 2.10. The molecule has 0 aliphatic carbocycles. The molecule has 0 aliphatic rings. The molecule has 0 saturated heterocycles. The molecule has 0 atom stereocenters. The van der Waals surface area contributed by atoms with Crippen molar-refractivity contribution in [3.63, 3.8) is 0 Å². The molecule has 0 unspecified atom stereocenters. The van der Waals surface area contributed by atoms with Gasteiger partial charge in [0.25, 0.3) is 0 Å². The molecule has 2 heterocycles. The molecule has 2 N–H and O–H groups in total. The van der Waals surface area contributed by atoms with Gasteiger partial charge in [-0.15, -0.1) is 11.3 Å². The van der Waals surface area contributed by atoms with Gasteiger partial charge in [0.05, 0.1) is 12.0 Å². The SMILES string of the molecule is CCCOCCOc1nc(N)nc2sc(C)cc12. The van der Waals surface area contributed by atoms with Crippen LogP contribution in [0.5, 0.6) is 5.88 Å². The van der Waals surface area contributed by atoms with Crippen LogP contribution in [0.4, 0.5) is 5.95 Å². The Morgan fingerprint density at radius 2 is 2.11 bits per heavy atom. The minimum absolute atomic E-state index is 0.244. The van der Waals surface area contributed by atoms with Crippen LogP contribution in [-0.4, -0.2) is 29.8 Å². The minimum atomic E-state index is 0.244. The third-order valence-corrected chi connectivity index (χ3v) is 3.26. The summed E-state index contributed by atoms with van der Waals surface area (Å²) in [6.45, 7) is 5.88. The monoisotopic (exact) mass is 267 g/mol. The number of anilines is 1. The van der Waals surface area contributed by atoms with Gasteiger partial charge in [0.2, 0.25) is 11.8 Å². The molecule has 0 bridgehead atoms. The van der Waals surface area contributed by atoms with E-state index in [4.69, 9.17) is 15.2 Å². The van der Waals surface area contributed by atoms with Crippen LogP contribution in [0.3, 0.4) is 0 Å². The highest BCUT2D eigenvalue weighted by Crippen LogP contribution is 2.30. The van der Waals surface area contributed by atoms with Crippen molar-refractivity contribution in [1.82, 2.24) is 9.97 Å². The van der Waals surface area contributed by atoms with Gasteiger partial charge in [-0.2, -0.15) is 4.98 Å². The lowest BCUT2D eigenvalue weighted by atomic mass is 10.3. The maximum absolute atomic E-state index is 5.66. The second kappa shape index (κ2) is 5.97. The fourth-order valence-corrected chi connectivity index (χ4v) is 2.46. The molecule has 0 amide bonds. The van der Waals surface area contributed by atoms with Crippen molar-refractivity contribution in [2.75, 3.05) is 25.6 Å². The predicted octanol–water partition coefficient (Wildman–Crippen LogP) is 2.39. The number of fused-ring (bicyclic) bond motifs is 1. The van der Waals surface area contributed by atoms with E-state index in [0.717, 1.165) is 28.1 Å². The molecule has 2 rings (SSSR count). The van der Waals surface area contributed by atoms with E-state index in [0.29, 0.717) is 19.1 Å². The summed E-state index contributed by atoms with van der Waals surface area (Å²) in [5.41, 5.74) is 5.66. The second-order valence-electron chi connectivity index (χ2n) is 3.92. The Morgan fingerprint density at radius 3 is 2.89 bits per heavy atom. The first-order chi connectivity index (χ1) is 8.70. The van der Waals surface area contributed by atoms with Gasteiger partial charge in [0, 0.05) is 11.5 Å². The summed E-state index contributed by atoms with van der Waals surface area (Å²) in [4.78, 5) is 10.3. The van der Waals surface area contributed by atoms with Crippen LogP contribution in [0, 0.1) is 6.92 Å². The van der Waals surface area contributed by atoms with Gasteiger partial charge in [-0.1, -0.05) is 6.92 Å². The summed E-state index contributed by atoms with van der Waals surface area (Å²) in [5, 5.41) is 0.919. The summed E-state index contributed by atoms with van der Waals surface area (Å²) >= 11 is 1.59. The Balaban J connectivity index is 2.07. The third-order valence-electron chi connectivity index (χ3n) is 2.31. The van der Waals surface area contributed by atoms with E-state index in [2.05, 4.69) is 16.9 Å². The number of thiophene rings is 1. The minimum Gasteiger partial charge on any atom is -0.475 e. The number of nitrogens with zero attached hydrogens (tertiary/aromatic N) is 2. The molecule has 98 valence electrons. The first-order valence-corrected chi connectivity index (χ1v) is 6.76. The molecule has 18 heavy (non-hydrogen) atoms. The average Bonchev–Trinajstić information content (AvgIpc) is 2.69. The van der Waals surface area contributed by atoms with Crippen molar-refractivity contribution >= 4 is 27.5 Å². The van der Waals surface area contributed by atoms with Crippen LogP contribution < -0.4 is 10.5 Å².